The molecule has 6 nitrogen and oxygen atoms in total. The highest BCUT2D eigenvalue weighted by Crippen LogP contribution is 2.28. The Balaban J connectivity index is 1.84. The van der Waals surface area contributed by atoms with Crippen LogP contribution in [-0.2, 0) is 10.0 Å². The van der Waals surface area contributed by atoms with Crippen molar-refractivity contribution in [2.24, 2.45) is 10.9 Å². The number of aliphatic imine (C=N–C) groups is 1. The summed E-state index contributed by atoms with van der Waals surface area (Å²) < 4.78 is 40.0. The summed E-state index contributed by atoms with van der Waals surface area (Å²) >= 11 is 0. The average Bonchev–Trinajstić information content (AvgIpc) is 3.32. The van der Waals surface area contributed by atoms with Crippen LogP contribution in [0.15, 0.2) is 23.2 Å². The molecular formula is C16H25FN4O2S. The third kappa shape index (κ3) is 6.35. The molecule has 0 heterocycles. The van der Waals surface area contributed by atoms with Crippen molar-refractivity contribution in [1.29, 1.82) is 0 Å². The van der Waals surface area contributed by atoms with Gasteiger partial charge in [0.2, 0.25) is 10.0 Å². The zero-order valence-corrected chi connectivity index (χ0v) is 14.9. The van der Waals surface area contributed by atoms with Crippen LogP contribution in [0.2, 0.25) is 0 Å². The molecule has 0 aliphatic heterocycles. The minimum absolute atomic E-state index is 0.129. The van der Waals surface area contributed by atoms with E-state index in [1.54, 1.807) is 19.1 Å². The van der Waals surface area contributed by atoms with E-state index in [-0.39, 0.29) is 18.0 Å². The first-order valence-electron chi connectivity index (χ1n) is 8.18. The molecular weight excluding hydrogens is 331 g/mol. The number of halogens is 1. The maximum Gasteiger partial charge on any atom is 0.234 e. The number of sulfonamides is 1. The Labute approximate surface area is 143 Å². The van der Waals surface area contributed by atoms with Gasteiger partial charge < -0.3 is 10.6 Å². The summed E-state index contributed by atoms with van der Waals surface area (Å²) in [7, 11) is -3.56. The molecule has 0 unspecified atom stereocenters. The molecule has 0 radical (unpaired) electrons. The van der Waals surface area contributed by atoms with Gasteiger partial charge in [-0.25, -0.2) is 12.8 Å². The van der Waals surface area contributed by atoms with E-state index in [1.807, 2.05) is 6.92 Å². The van der Waals surface area contributed by atoms with Crippen molar-refractivity contribution in [2.45, 2.75) is 26.7 Å². The maximum absolute atomic E-state index is 13.5. The number of nitrogens with zero attached hydrogens (tertiary/aromatic N) is 1. The quantitative estimate of drug-likeness (QED) is 0.490. The molecule has 0 amide bonds. The Bertz CT molecular complexity index is 687. The van der Waals surface area contributed by atoms with E-state index in [0.29, 0.717) is 24.0 Å². The highest BCUT2D eigenvalue weighted by molar-refractivity contribution is 7.92. The summed E-state index contributed by atoms with van der Waals surface area (Å²) in [5.74, 6) is 0.731. The highest BCUT2D eigenvalue weighted by atomic mass is 32.2. The van der Waals surface area contributed by atoms with Gasteiger partial charge in [0, 0.05) is 19.6 Å². The van der Waals surface area contributed by atoms with Crippen LogP contribution >= 0.6 is 0 Å². The second-order valence-electron chi connectivity index (χ2n) is 5.97. The number of benzene rings is 1. The van der Waals surface area contributed by atoms with Gasteiger partial charge in [-0.15, -0.1) is 0 Å². The molecule has 24 heavy (non-hydrogen) atoms. The van der Waals surface area contributed by atoms with Crippen molar-refractivity contribution in [3.8, 4) is 0 Å². The van der Waals surface area contributed by atoms with E-state index in [2.05, 4.69) is 20.3 Å². The lowest BCUT2D eigenvalue weighted by Gasteiger charge is -2.12. The lowest BCUT2D eigenvalue weighted by atomic mass is 10.2. The summed E-state index contributed by atoms with van der Waals surface area (Å²) in [6.07, 6.45) is 2.43. The van der Waals surface area contributed by atoms with Gasteiger partial charge in [0.1, 0.15) is 5.82 Å². The smallest absolute Gasteiger partial charge is 0.234 e. The number of rotatable bonds is 8. The van der Waals surface area contributed by atoms with Crippen molar-refractivity contribution in [2.75, 3.05) is 30.1 Å². The predicted octanol–water partition coefficient (Wildman–Crippen LogP) is 1.84. The molecule has 0 aromatic heterocycles. The molecule has 1 aromatic carbocycles. The predicted molar refractivity (Wildman–Crippen MR) is 95.3 cm³/mol. The van der Waals surface area contributed by atoms with Gasteiger partial charge in [-0.2, -0.15) is 0 Å². The van der Waals surface area contributed by atoms with Gasteiger partial charge >= 0.3 is 0 Å². The zero-order valence-electron chi connectivity index (χ0n) is 14.1. The summed E-state index contributed by atoms with van der Waals surface area (Å²) in [4.78, 5) is 4.43. The Morgan fingerprint density at radius 1 is 1.33 bits per heavy atom. The van der Waals surface area contributed by atoms with Crippen molar-refractivity contribution in [3.63, 3.8) is 0 Å². The molecule has 0 spiro atoms. The van der Waals surface area contributed by atoms with E-state index in [1.165, 1.54) is 18.9 Å². The molecule has 0 bridgehead atoms. The van der Waals surface area contributed by atoms with Crippen molar-refractivity contribution in [3.05, 3.63) is 29.6 Å². The van der Waals surface area contributed by atoms with Crippen LogP contribution in [0, 0.1) is 18.7 Å². The molecule has 3 N–H and O–H groups in total. The molecule has 8 heteroatoms. The Kier molecular flexibility index (Phi) is 6.42. The summed E-state index contributed by atoms with van der Waals surface area (Å²) in [5, 5.41) is 6.10. The van der Waals surface area contributed by atoms with Gasteiger partial charge in [-0.05, 0) is 50.3 Å². The van der Waals surface area contributed by atoms with E-state index in [4.69, 9.17) is 0 Å². The zero-order chi connectivity index (χ0) is 17.6. The lowest BCUT2D eigenvalue weighted by molar-refractivity contribution is 0.599. The highest BCUT2D eigenvalue weighted by Gasteiger charge is 2.20. The second kappa shape index (κ2) is 8.32. The molecule has 134 valence electrons. The number of nitrogens with one attached hydrogen (secondary N) is 3. The molecule has 2 rings (SSSR count). The van der Waals surface area contributed by atoms with Crippen LogP contribution in [0.25, 0.3) is 0 Å². The Morgan fingerprint density at radius 3 is 2.71 bits per heavy atom. The largest absolute Gasteiger partial charge is 0.357 e. The van der Waals surface area contributed by atoms with Gasteiger partial charge in [0.25, 0.3) is 0 Å². The molecule has 1 fully saturated rings. The third-order valence-corrected chi connectivity index (χ3v) is 4.95. The van der Waals surface area contributed by atoms with Crippen LogP contribution in [0.3, 0.4) is 0 Å². The minimum Gasteiger partial charge on any atom is -0.357 e. The van der Waals surface area contributed by atoms with Crippen molar-refractivity contribution < 1.29 is 12.8 Å². The van der Waals surface area contributed by atoms with Gasteiger partial charge in [0.15, 0.2) is 5.96 Å². The second-order valence-corrected chi connectivity index (χ2v) is 7.82. The maximum atomic E-state index is 13.5. The fraction of sp³-hybridized carbons (Fsp3) is 0.562. The topological polar surface area (TPSA) is 82.6 Å². The molecule has 1 aromatic rings. The van der Waals surface area contributed by atoms with Crippen LogP contribution in [0.5, 0.6) is 0 Å². The Hall–Kier alpha value is -1.83. The molecule has 1 saturated carbocycles. The van der Waals surface area contributed by atoms with Gasteiger partial charge in [-0.3, -0.25) is 9.71 Å². The van der Waals surface area contributed by atoms with E-state index < -0.39 is 15.8 Å². The first kappa shape index (κ1) is 18.5. The molecule has 0 atom stereocenters. The number of anilines is 1. The standard InChI is InChI=1S/C16H25FN4O2S/c1-3-18-16(20-11-13-5-6-13)19-8-9-24(22,23)21-14-7-4-12(2)15(17)10-14/h4,7,10,13,21H,3,5-6,8-9,11H2,1-2H3,(H2,18,19,20). The third-order valence-electron chi connectivity index (χ3n) is 3.66. The molecule has 1 aliphatic carbocycles. The van der Waals surface area contributed by atoms with E-state index in [0.717, 1.165) is 6.54 Å². The first-order valence-corrected chi connectivity index (χ1v) is 9.83. The summed E-state index contributed by atoms with van der Waals surface area (Å²) in [5.41, 5.74) is 0.703. The fourth-order valence-electron chi connectivity index (χ4n) is 2.05. The van der Waals surface area contributed by atoms with Gasteiger partial charge in [0.05, 0.1) is 11.4 Å². The van der Waals surface area contributed by atoms with Gasteiger partial charge in [-0.1, -0.05) is 6.07 Å². The van der Waals surface area contributed by atoms with Crippen molar-refractivity contribution >= 4 is 21.7 Å². The molecule has 1 aliphatic rings. The lowest BCUT2D eigenvalue weighted by Crippen LogP contribution is -2.40. The van der Waals surface area contributed by atoms with Crippen LogP contribution < -0.4 is 15.4 Å². The van der Waals surface area contributed by atoms with E-state index >= 15 is 0 Å². The summed E-state index contributed by atoms with van der Waals surface area (Å²) in [6, 6.07) is 4.27. The Morgan fingerprint density at radius 2 is 2.08 bits per heavy atom. The van der Waals surface area contributed by atoms with Crippen LogP contribution in [0.1, 0.15) is 25.3 Å². The average molecular weight is 356 g/mol. The first-order chi connectivity index (χ1) is 11.4. The number of hydrogen-bond donors (Lipinski definition) is 3. The van der Waals surface area contributed by atoms with Crippen LogP contribution in [-0.4, -0.2) is 39.8 Å². The number of aryl methyl sites for hydroxylation is 1. The molecule has 0 saturated heterocycles. The minimum atomic E-state index is -3.56. The fourth-order valence-corrected chi connectivity index (χ4v) is 3.01. The summed E-state index contributed by atoms with van der Waals surface area (Å²) in [6.45, 7) is 5.28. The van der Waals surface area contributed by atoms with E-state index in [9.17, 15) is 12.8 Å². The van der Waals surface area contributed by atoms with Crippen LogP contribution in [0.4, 0.5) is 10.1 Å². The number of guanidine groups is 1. The normalized spacial score (nSPS) is 15.2. The monoisotopic (exact) mass is 356 g/mol. The SMILES string of the molecule is CCNC(=NCC1CC1)NCCS(=O)(=O)Nc1ccc(C)c(F)c1. The van der Waals surface area contributed by atoms with Crippen molar-refractivity contribution in [1.82, 2.24) is 10.6 Å². The number of hydrogen-bond acceptors (Lipinski definition) is 3.